The number of thiophene rings is 1. The molecule has 116 valence electrons. The van der Waals surface area contributed by atoms with Crippen LogP contribution in [0.1, 0.15) is 29.8 Å². The predicted molar refractivity (Wildman–Crippen MR) is 86.6 cm³/mol. The lowest BCUT2D eigenvalue weighted by atomic mass is 10.1. The Morgan fingerprint density at radius 2 is 2.09 bits per heavy atom. The zero-order valence-corrected chi connectivity index (χ0v) is 13.3. The summed E-state index contributed by atoms with van der Waals surface area (Å²) in [4.78, 5) is 13.3. The minimum absolute atomic E-state index is 0.0494. The van der Waals surface area contributed by atoms with Crippen molar-refractivity contribution in [1.29, 1.82) is 0 Å². The molecule has 1 aromatic carbocycles. The van der Waals surface area contributed by atoms with Crippen molar-refractivity contribution in [3.05, 3.63) is 46.2 Å². The van der Waals surface area contributed by atoms with Gasteiger partial charge in [0.1, 0.15) is 13.2 Å². The van der Waals surface area contributed by atoms with Crippen LogP contribution in [0.4, 0.5) is 0 Å². The molecule has 2 aromatic rings. The first-order chi connectivity index (χ1) is 10.7. The number of rotatable bonds is 5. The van der Waals surface area contributed by atoms with Gasteiger partial charge in [-0.1, -0.05) is 12.1 Å². The Bertz CT molecular complexity index is 639. The fourth-order valence-corrected chi connectivity index (χ4v) is 3.13. The van der Waals surface area contributed by atoms with Gasteiger partial charge in [-0.3, -0.25) is 4.79 Å². The van der Waals surface area contributed by atoms with Crippen LogP contribution >= 0.6 is 11.3 Å². The molecular weight excluding hydrogens is 298 g/mol. The van der Waals surface area contributed by atoms with Crippen molar-refractivity contribution in [2.24, 2.45) is 0 Å². The number of ether oxygens (including phenoxy) is 2. The molecule has 4 nitrogen and oxygen atoms in total. The van der Waals surface area contributed by atoms with Crippen LogP contribution in [-0.2, 0) is 11.2 Å². The highest BCUT2D eigenvalue weighted by atomic mass is 32.1. The van der Waals surface area contributed by atoms with E-state index in [2.05, 4.69) is 11.4 Å². The van der Waals surface area contributed by atoms with Crippen LogP contribution in [0.2, 0.25) is 0 Å². The van der Waals surface area contributed by atoms with Crippen LogP contribution in [-0.4, -0.2) is 19.1 Å². The molecule has 0 radical (unpaired) electrons. The Morgan fingerprint density at radius 1 is 1.27 bits per heavy atom. The minimum atomic E-state index is -0.0494. The lowest BCUT2D eigenvalue weighted by molar-refractivity contribution is -0.121. The van der Waals surface area contributed by atoms with E-state index in [4.69, 9.17) is 9.47 Å². The predicted octanol–water partition coefficient (Wildman–Crippen LogP) is 3.33. The Morgan fingerprint density at radius 3 is 2.86 bits per heavy atom. The Hall–Kier alpha value is -2.01. The number of amides is 1. The lowest BCUT2D eigenvalue weighted by Gasteiger charge is -2.21. The topological polar surface area (TPSA) is 47.6 Å². The van der Waals surface area contributed by atoms with Gasteiger partial charge >= 0.3 is 0 Å². The van der Waals surface area contributed by atoms with E-state index in [1.54, 1.807) is 11.3 Å². The van der Waals surface area contributed by atoms with Crippen molar-refractivity contribution in [1.82, 2.24) is 5.32 Å². The van der Waals surface area contributed by atoms with Gasteiger partial charge in [0.25, 0.3) is 0 Å². The summed E-state index contributed by atoms with van der Waals surface area (Å²) < 4.78 is 11.1. The van der Waals surface area contributed by atoms with Crippen molar-refractivity contribution >= 4 is 17.2 Å². The van der Waals surface area contributed by atoms with E-state index in [1.165, 1.54) is 4.88 Å². The van der Waals surface area contributed by atoms with Gasteiger partial charge in [0.05, 0.1) is 6.04 Å². The zero-order chi connectivity index (χ0) is 15.4. The normalized spacial score (nSPS) is 14.4. The van der Waals surface area contributed by atoms with E-state index in [9.17, 15) is 4.79 Å². The summed E-state index contributed by atoms with van der Waals surface area (Å²) in [5.74, 6) is 1.59. The third-order valence-corrected chi connectivity index (χ3v) is 4.56. The molecule has 0 aliphatic carbocycles. The molecule has 1 aliphatic rings. The maximum Gasteiger partial charge on any atom is 0.220 e. The molecule has 1 aliphatic heterocycles. The second-order valence-corrected chi connectivity index (χ2v) is 6.30. The SMILES string of the molecule is CC(NC(=O)CCc1cccs1)c1ccc2c(c1)OCCO2. The summed E-state index contributed by atoms with van der Waals surface area (Å²) in [7, 11) is 0. The van der Waals surface area contributed by atoms with Crippen LogP contribution in [0.3, 0.4) is 0 Å². The maximum absolute atomic E-state index is 12.0. The third-order valence-electron chi connectivity index (χ3n) is 3.62. The first-order valence-electron chi connectivity index (χ1n) is 7.43. The summed E-state index contributed by atoms with van der Waals surface area (Å²) in [5, 5.41) is 5.07. The number of hydrogen-bond acceptors (Lipinski definition) is 4. The number of carbonyl (C=O) groups excluding carboxylic acids is 1. The summed E-state index contributed by atoms with van der Waals surface area (Å²) >= 11 is 1.69. The first kappa shape index (κ1) is 14.9. The van der Waals surface area contributed by atoms with Crippen LogP contribution in [0.15, 0.2) is 35.7 Å². The summed E-state index contributed by atoms with van der Waals surface area (Å²) in [6.07, 6.45) is 1.30. The molecule has 0 spiro atoms. The van der Waals surface area contributed by atoms with Crippen molar-refractivity contribution in [3.63, 3.8) is 0 Å². The summed E-state index contributed by atoms with van der Waals surface area (Å²) in [6, 6.07) is 9.83. The Balaban J connectivity index is 1.56. The van der Waals surface area contributed by atoms with Gasteiger partial charge in [-0.2, -0.15) is 0 Å². The molecule has 0 bridgehead atoms. The van der Waals surface area contributed by atoms with Crippen LogP contribution < -0.4 is 14.8 Å². The molecule has 5 heteroatoms. The molecule has 3 rings (SSSR count). The van der Waals surface area contributed by atoms with Gasteiger partial charge in [-0.15, -0.1) is 11.3 Å². The van der Waals surface area contributed by atoms with E-state index in [0.29, 0.717) is 19.6 Å². The van der Waals surface area contributed by atoms with Gasteiger partial charge in [0.2, 0.25) is 5.91 Å². The fraction of sp³-hybridized carbons (Fsp3) is 0.353. The van der Waals surface area contributed by atoms with Crippen LogP contribution in [0, 0.1) is 0 Å². The molecule has 1 amide bonds. The van der Waals surface area contributed by atoms with Gasteiger partial charge in [-0.25, -0.2) is 0 Å². The van der Waals surface area contributed by atoms with Crippen molar-refractivity contribution in [3.8, 4) is 11.5 Å². The molecule has 1 aromatic heterocycles. The average molecular weight is 317 g/mol. The smallest absolute Gasteiger partial charge is 0.220 e. The van der Waals surface area contributed by atoms with Gasteiger partial charge in [0, 0.05) is 11.3 Å². The third kappa shape index (κ3) is 3.60. The monoisotopic (exact) mass is 317 g/mol. The number of nitrogens with one attached hydrogen (secondary N) is 1. The van der Waals surface area contributed by atoms with Crippen LogP contribution in [0.25, 0.3) is 0 Å². The second-order valence-electron chi connectivity index (χ2n) is 5.27. The summed E-state index contributed by atoms with van der Waals surface area (Å²) in [5.41, 5.74) is 1.02. The van der Waals surface area contributed by atoms with Crippen molar-refractivity contribution in [2.45, 2.75) is 25.8 Å². The highest BCUT2D eigenvalue weighted by Crippen LogP contribution is 2.32. The van der Waals surface area contributed by atoms with E-state index in [1.807, 2.05) is 36.6 Å². The first-order valence-corrected chi connectivity index (χ1v) is 8.31. The van der Waals surface area contributed by atoms with Gasteiger partial charge < -0.3 is 14.8 Å². The van der Waals surface area contributed by atoms with E-state index >= 15 is 0 Å². The molecule has 0 fully saturated rings. The fourth-order valence-electron chi connectivity index (χ4n) is 2.42. The molecular formula is C17H19NO3S. The van der Waals surface area contributed by atoms with Gasteiger partial charge in [0.15, 0.2) is 11.5 Å². The largest absolute Gasteiger partial charge is 0.486 e. The lowest BCUT2D eigenvalue weighted by Crippen LogP contribution is -2.27. The molecule has 1 unspecified atom stereocenters. The number of hydrogen-bond donors (Lipinski definition) is 1. The number of carbonyl (C=O) groups is 1. The van der Waals surface area contributed by atoms with E-state index in [-0.39, 0.29) is 11.9 Å². The molecule has 0 saturated carbocycles. The van der Waals surface area contributed by atoms with E-state index < -0.39 is 0 Å². The molecule has 1 N–H and O–H groups in total. The zero-order valence-electron chi connectivity index (χ0n) is 12.5. The van der Waals surface area contributed by atoms with Crippen molar-refractivity contribution in [2.75, 3.05) is 13.2 Å². The number of fused-ring (bicyclic) bond motifs is 1. The molecule has 0 saturated heterocycles. The van der Waals surface area contributed by atoms with Crippen LogP contribution in [0.5, 0.6) is 11.5 Å². The maximum atomic E-state index is 12.0. The minimum Gasteiger partial charge on any atom is -0.486 e. The summed E-state index contributed by atoms with van der Waals surface area (Å²) in [6.45, 7) is 3.13. The highest BCUT2D eigenvalue weighted by molar-refractivity contribution is 7.09. The Kier molecular flexibility index (Phi) is 4.63. The number of benzene rings is 1. The highest BCUT2D eigenvalue weighted by Gasteiger charge is 2.15. The average Bonchev–Trinajstić information content (AvgIpc) is 3.06. The Labute approximate surface area is 134 Å². The second kappa shape index (κ2) is 6.83. The van der Waals surface area contributed by atoms with Crippen molar-refractivity contribution < 1.29 is 14.3 Å². The molecule has 22 heavy (non-hydrogen) atoms. The van der Waals surface area contributed by atoms with Gasteiger partial charge in [-0.05, 0) is 42.5 Å². The molecule has 1 atom stereocenters. The quantitative estimate of drug-likeness (QED) is 0.920. The standard InChI is InChI=1S/C17H19NO3S/c1-12(18-17(19)7-5-14-3-2-10-22-14)13-4-6-15-16(11-13)21-9-8-20-15/h2-4,6,10-12H,5,7-9H2,1H3,(H,18,19). The number of aryl methyl sites for hydroxylation is 1. The molecule has 2 heterocycles. The van der Waals surface area contributed by atoms with E-state index in [0.717, 1.165) is 23.5 Å².